The van der Waals surface area contributed by atoms with Gasteiger partial charge in [0.1, 0.15) is 0 Å². The van der Waals surface area contributed by atoms with Gasteiger partial charge in [-0.15, -0.1) is 11.8 Å². The Bertz CT molecular complexity index is 684. The minimum Gasteiger partial charge on any atom is -0.367 e. The number of allylic oxidation sites excluding steroid dienone is 4. The lowest BCUT2D eigenvalue weighted by Crippen LogP contribution is -2.11. The Kier molecular flexibility index (Phi) is 9.11. The summed E-state index contributed by atoms with van der Waals surface area (Å²) in [5, 5.41) is 0. The zero-order valence-electron chi connectivity index (χ0n) is 18.5. The molecule has 2 rings (SSSR count). The maximum absolute atomic E-state index is 5.78. The van der Waals surface area contributed by atoms with Crippen molar-refractivity contribution in [3.63, 3.8) is 0 Å². The second kappa shape index (κ2) is 11.1. The summed E-state index contributed by atoms with van der Waals surface area (Å²) in [4.78, 5) is 1.34. The van der Waals surface area contributed by atoms with Crippen LogP contribution < -0.4 is 0 Å². The van der Waals surface area contributed by atoms with Crippen molar-refractivity contribution < 1.29 is 4.74 Å². The van der Waals surface area contributed by atoms with Gasteiger partial charge in [0.05, 0.1) is 11.7 Å². The van der Waals surface area contributed by atoms with Gasteiger partial charge in [-0.3, -0.25) is 0 Å². The van der Waals surface area contributed by atoms with Crippen LogP contribution in [0.3, 0.4) is 0 Å². The Morgan fingerprint density at radius 3 is 2.36 bits per heavy atom. The molecule has 2 atom stereocenters. The molecule has 154 valence electrons. The van der Waals surface area contributed by atoms with Gasteiger partial charge in [-0.25, -0.2) is 0 Å². The predicted octanol–water partition coefficient (Wildman–Crippen LogP) is 7.99. The highest BCUT2D eigenvalue weighted by Crippen LogP contribution is 2.41. The molecule has 1 aliphatic heterocycles. The molecule has 1 fully saturated rings. The van der Waals surface area contributed by atoms with Gasteiger partial charge in [0.15, 0.2) is 0 Å². The smallest absolute Gasteiger partial charge is 0.0892 e. The Balaban J connectivity index is 1.66. The largest absolute Gasteiger partial charge is 0.367 e. The van der Waals surface area contributed by atoms with Crippen LogP contribution >= 0.6 is 11.8 Å². The number of epoxide rings is 1. The lowest BCUT2D eigenvalue weighted by Gasteiger charge is -2.16. The van der Waals surface area contributed by atoms with E-state index in [-0.39, 0.29) is 5.60 Å². The molecule has 0 N–H and O–H groups in total. The van der Waals surface area contributed by atoms with Crippen LogP contribution in [0.15, 0.2) is 70.7 Å². The summed E-state index contributed by atoms with van der Waals surface area (Å²) >= 11 is 1.90. The monoisotopic (exact) mass is 398 g/mol. The number of hydrogen-bond acceptors (Lipinski definition) is 2. The van der Waals surface area contributed by atoms with Gasteiger partial charge in [0.2, 0.25) is 0 Å². The molecule has 2 heteroatoms. The highest BCUT2D eigenvalue weighted by molar-refractivity contribution is 7.99. The molecule has 1 aromatic carbocycles. The second-order valence-electron chi connectivity index (χ2n) is 8.79. The van der Waals surface area contributed by atoms with E-state index in [0.717, 1.165) is 31.4 Å². The third kappa shape index (κ3) is 8.41. The van der Waals surface area contributed by atoms with Crippen molar-refractivity contribution in [3.05, 3.63) is 65.8 Å². The maximum atomic E-state index is 5.78. The van der Waals surface area contributed by atoms with Gasteiger partial charge in [-0.05, 0) is 84.8 Å². The van der Waals surface area contributed by atoms with Crippen molar-refractivity contribution in [2.24, 2.45) is 5.92 Å². The molecule has 0 aliphatic carbocycles. The quantitative estimate of drug-likeness (QED) is 0.201. The average Bonchev–Trinajstić information content (AvgIpc) is 3.25. The molecule has 1 aliphatic rings. The minimum atomic E-state index is 0.0846. The molecule has 1 nitrogen and oxygen atoms in total. The van der Waals surface area contributed by atoms with Crippen LogP contribution in [0.4, 0.5) is 0 Å². The summed E-state index contributed by atoms with van der Waals surface area (Å²) in [6.07, 6.45) is 11.0. The fourth-order valence-electron chi connectivity index (χ4n) is 3.44. The third-order valence-electron chi connectivity index (χ3n) is 5.70. The molecule has 1 aromatic rings. The van der Waals surface area contributed by atoms with Gasteiger partial charge in [0, 0.05) is 10.6 Å². The number of ether oxygens (including phenoxy) is 1. The van der Waals surface area contributed by atoms with Gasteiger partial charge < -0.3 is 4.74 Å². The fraction of sp³-hybridized carbons (Fsp3) is 0.538. The Morgan fingerprint density at radius 1 is 1.11 bits per heavy atom. The number of rotatable bonds is 12. The van der Waals surface area contributed by atoms with Crippen molar-refractivity contribution in [2.45, 2.75) is 83.3 Å². The molecule has 0 aromatic heterocycles. The van der Waals surface area contributed by atoms with Crippen LogP contribution in [-0.4, -0.2) is 17.5 Å². The van der Waals surface area contributed by atoms with Gasteiger partial charge in [-0.2, -0.15) is 0 Å². The molecule has 0 bridgehead atoms. The third-order valence-corrected chi connectivity index (χ3v) is 6.64. The molecule has 0 radical (unpaired) electrons. The van der Waals surface area contributed by atoms with Gasteiger partial charge in [0.25, 0.3) is 0 Å². The number of thioether (sulfide) groups is 1. The second-order valence-corrected chi connectivity index (χ2v) is 9.88. The number of hydrogen-bond donors (Lipinski definition) is 0. The molecule has 0 spiro atoms. The molecule has 0 saturated carbocycles. The molecule has 1 saturated heterocycles. The number of benzene rings is 1. The van der Waals surface area contributed by atoms with E-state index in [1.54, 1.807) is 0 Å². The van der Waals surface area contributed by atoms with E-state index in [2.05, 4.69) is 83.7 Å². The minimum absolute atomic E-state index is 0.0846. The van der Waals surface area contributed by atoms with Crippen LogP contribution in [0.5, 0.6) is 0 Å². The Morgan fingerprint density at radius 2 is 1.75 bits per heavy atom. The first-order valence-electron chi connectivity index (χ1n) is 10.6. The van der Waals surface area contributed by atoms with Crippen molar-refractivity contribution >= 4 is 11.8 Å². The van der Waals surface area contributed by atoms with E-state index < -0.39 is 0 Å². The topological polar surface area (TPSA) is 12.5 Å². The van der Waals surface area contributed by atoms with Crippen LogP contribution in [-0.2, 0) is 4.74 Å². The van der Waals surface area contributed by atoms with E-state index >= 15 is 0 Å². The Labute approximate surface area is 177 Å². The van der Waals surface area contributed by atoms with E-state index in [0.29, 0.717) is 12.0 Å². The van der Waals surface area contributed by atoms with E-state index in [4.69, 9.17) is 4.74 Å². The van der Waals surface area contributed by atoms with E-state index in [1.807, 2.05) is 11.8 Å². The molecular formula is C26H38OS. The summed E-state index contributed by atoms with van der Waals surface area (Å²) in [7, 11) is 0. The molecule has 28 heavy (non-hydrogen) atoms. The van der Waals surface area contributed by atoms with Crippen molar-refractivity contribution in [3.8, 4) is 0 Å². The first kappa shape index (κ1) is 23.0. The normalized spacial score (nSPS) is 20.1. The van der Waals surface area contributed by atoms with E-state index in [9.17, 15) is 0 Å². The molecule has 0 unspecified atom stereocenters. The average molecular weight is 399 g/mol. The first-order chi connectivity index (χ1) is 13.3. The standard InChI is InChI=1S/C26H38OS/c1-20(2)23(19-25-26(5,6)27-25)16-15-21(3)11-10-12-22(4)17-18-28-24-13-8-7-9-14-24/h7-9,11,13-14,17,23,25H,1,10,12,15-16,18-19H2,2-6H3/b21-11+,22-17+/t23-,25-/m1/s1. The molecular weight excluding hydrogens is 360 g/mol. The summed E-state index contributed by atoms with van der Waals surface area (Å²) in [5.74, 6) is 1.63. The zero-order chi connectivity index (χ0) is 20.6. The summed E-state index contributed by atoms with van der Waals surface area (Å²) in [5.41, 5.74) is 4.38. The van der Waals surface area contributed by atoms with Crippen molar-refractivity contribution in [1.82, 2.24) is 0 Å². The molecule has 0 amide bonds. The summed E-state index contributed by atoms with van der Waals surface area (Å²) in [6, 6.07) is 10.6. The first-order valence-corrected chi connectivity index (χ1v) is 11.6. The van der Waals surface area contributed by atoms with Crippen LogP contribution in [0.1, 0.15) is 66.7 Å². The highest BCUT2D eigenvalue weighted by atomic mass is 32.2. The van der Waals surface area contributed by atoms with E-state index in [1.165, 1.54) is 28.0 Å². The zero-order valence-corrected chi connectivity index (χ0v) is 19.3. The van der Waals surface area contributed by atoms with Crippen LogP contribution in [0.25, 0.3) is 0 Å². The van der Waals surface area contributed by atoms with Crippen molar-refractivity contribution in [1.29, 1.82) is 0 Å². The fourth-order valence-corrected chi connectivity index (χ4v) is 4.35. The van der Waals surface area contributed by atoms with Gasteiger partial charge in [-0.1, -0.05) is 53.6 Å². The summed E-state index contributed by atoms with van der Waals surface area (Å²) < 4.78 is 5.78. The van der Waals surface area contributed by atoms with Crippen LogP contribution in [0.2, 0.25) is 0 Å². The van der Waals surface area contributed by atoms with Gasteiger partial charge >= 0.3 is 0 Å². The summed E-state index contributed by atoms with van der Waals surface area (Å²) in [6.45, 7) is 15.3. The molecule has 1 heterocycles. The predicted molar refractivity (Wildman–Crippen MR) is 125 cm³/mol. The lowest BCUT2D eigenvalue weighted by atomic mass is 9.88. The lowest BCUT2D eigenvalue weighted by molar-refractivity contribution is 0.309. The maximum Gasteiger partial charge on any atom is 0.0892 e. The van der Waals surface area contributed by atoms with Crippen molar-refractivity contribution in [2.75, 3.05) is 5.75 Å². The SMILES string of the molecule is C=C(C)[C@H](CC/C(C)=C/CC/C(C)=C/CSc1ccccc1)C[C@H]1OC1(C)C. The highest BCUT2D eigenvalue weighted by Gasteiger charge is 2.48. The van der Waals surface area contributed by atoms with Crippen LogP contribution in [0, 0.1) is 5.92 Å². The Hall–Kier alpha value is -1.25.